The Morgan fingerprint density at radius 3 is 2.67 bits per heavy atom. The zero-order valence-electron chi connectivity index (χ0n) is 11.5. The maximum atomic E-state index is 5.66. The zero-order valence-corrected chi connectivity index (χ0v) is 13.1. The SMILES string of the molecule is CCOC(C)C(Cc1cc(Br)ccc1OC)NC. The third-order valence-electron chi connectivity index (χ3n) is 3.05. The summed E-state index contributed by atoms with van der Waals surface area (Å²) >= 11 is 3.50. The lowest BCUT2D eigenvalue weighted by Crippen LogP contribution is -2.39. The molecule has 0 heterocycles. The number of ether oxygens (including phenoxy) is 2. The van der Waals surface area contributed by atoms with Gasteiger partial charge in [-0.05, 0) is 51.1 Å². The Bertz CT molecular complexity index is 371. The van der Waals surface area contributed by atoms with Gasteiger partial charge in [0.05, 0.1) is 13.2 Å². The van der Waals surface area contributed by atoms with Crippen LogP contribution in [0.25, 0.3) is 0 Å². The molecule has 0 radical (unpaired) electrons. The van der Waals surface area contributed by atoms with Crippen LogP contribution < -0.4 is 10.1 Å². The number of rotatable bonds is 7. The molecule has 0 amide bonds. The fourth-order valence-electron chi connectivity index (χ4n) is 2.03. The van der Waals surface area contributed by atoms with Gasteiger partial charge in [-0.25, -0.2) is 0 Å². The van der Waals surface area contributed by atoms with E-state index in [0.29, 0.717) is 0 Å². The predicted molar refractivity (Wildman–Crippen MR) is 78.3 cm³/mol. The first-order chi connectivity index (χ1) is 8.62. The van der Waals surface area contributed by atoms with Gasteiger partial charge in [0.1, 0.15) is 5.75 Å². The van der Waals surface area contributed by atoms with Crippen LogP contribution in [0.1, 0.15) is 19.4 Å². The first-order valence-electron chi connectivity index (χ1n) is 6.23. The maximum absolute atomic E-state index is 5.66. The number of benzene rings is 1. The first-order valence-corrected chi connectivity index (χ1v) is 7.03. The van der Waals surface area contributed by atoms with E-state index >= 15 is 0 Å². The largest absolute Gasteiger partial charge is 0.496 e. The van der Waals surface area contributed by atoms with Crippen LogP contribution in [0.5, 0.6) is 5.75 Å². The molecule has 2 atom stereocenters. The number of nitrogens with one attached hydrogen (secondary N) is 1. The molecule has 2 unspecified atom stereocenters. The van der Waals surface area contributed by atoms with Crippen molar-refractivity contribution in [1.29, 1.82) is 0 Å². The fourth-order valence-corrected chi connectivity index (χ4v) is 2.43. The molecule has 0 fully saturated rings. The quantitative estimate of drug-likeness (QED) is 0.839. The van der Waals surface area contributed by atoms with Gasteiger partial charge in [-0.1, -0.05) is 15.9 Å². The van der Waals surface area contributed by atoms with Crippen molar-refractivity contribution in [3.05, 3.63) is 28.2 Å². The van der Waals surface area contributed by atoms with Gasteiger partial charge >= 0.3 is 0 Å². The van der Waals surface area contributed by atoms with Crippen molar-refractivity contribution < 1.29 is 9.47 Å². The van der Waals surface area contributed by atoms with Gasteiger partial charge in [0, 0.05) is 17.1 Å². The summed E-state index contributed by atoms with van der Waals surface area (Å²) in [5.74, 6) is 0.919. The minimum Gasteiger partial charge on any atom is -0.496 e. The van der Waals surface area contributed by atoms with E-state index in [9.17, 15) is 0 Å². The molecule has 0 aromatic heterocycles. The number of hydrogen-bond acceptors (Lipinski definition) is 3. The second-order valence-corrected chi connectivity index (χ2v) is 5.13. The van der Waals surface area contributed by atoms with Crippen LogP contribution in [0.2, 0.25) is 0 Å². The molecule has 0 aliphatic rings. The third kappa shape index (κ3) is 4.26. The Labute approximate surface area is 118 Å². The lowest BCUT2D eigenvalue weighted by atomic mass is 10.0. The number of halogens is 1. The van der Waals surface area contributed by atoms with Crippen LogP contribution in [-0.2, 0) is 11.2 Å². The second kappa shape index (κ2) is 7.77. The fraction of sp³-hybridized carbons (Fsp3) is 0.571. The van der Waals surface area contributed by atoms with Crippen LogP contribution >= 0.6 is 15.9 Å². The van der Waals surface area contributed by atoms with E-state index in [1.54, 1.807) is 7.11 Å². The van der Waals surface area contributed by atoms with E-state index < -0.39 is 0 Å². The van der Waals surface area contributed by atoms with Gasteiger partial charge in [-0.15, -0.1) is 0 Å². The summed E-state index contributed by atoms with van der Waals surface area (Å²) in [6, 6.07) is 6.34. The van der Waals surface area contributed by atoms with Crippen LogP contribution in [0.3, 0.4) is 0 Å². The van der Waals surface area contributed by atoms with Crippen LogP contribution in [0.4, 0.5) is 0 Å². The van der Waals surface area contributed by atoms with E-state index in [0.717, 1.165) is 23.2 Å². The van der Waals surface area contributed by atoms with Gasteiger partial charge in [-0.2, -0.15) is 0 Å². The molecule has 0 saturated heterocycles. The minimum atomic E-state index is 0.170. The summed E-state index contributed by atoms with van der Waals surface area (Å²) in [6.45, 7) is 4.84. The Kier molecular flexibility index (Phi) is 6.68. The summed E-state index contributed by atoms with van der Waals surface area (Å²) in [5, 5.41) is 3.31. The highest BCUT2D eigenvalue weighted by molar-refractivity contribution is 9.10. The van der Waals surface area contributed by atoms with E-state index in [-0.39, 0.29) is 12.1 Å². The molecule has 1 aromatic rings. The summed E-state index contributed by atoms with van der Waals surface area (Å²) in [5.41, 5.74) is 1.18. The van der Waals surface area contributed by atoms with Crippen LogP contribution in [0, 0.1) is 0 Å². The first kappa shape index (κ1) is 15.5. The average Bonchev–Trinajstić information content (AvgIpc) is 2.36. The Morgan fingerprint density at radius 2 is 2.11 bits per heavy atom. The molecule has 0 aliphatic heterocycles. The summed E-state index contributed by atoms with van der Waals surface area (Å²) in [7, 11) is 3.66. The highest BCUT2D eigenvalue weighted by atomic mass is 79.9. The summed E-state index contributed by atoms with van der Waals surface area (Å²) in [6.07, 6.45) is 1.05. The predicted octanol–water partition coefficient (Wildman–Crippen LogP) is 3.01. The molecule has 0 saturated carbocycles. The second-order valence-electron chi connectivity index (χ2n) is 4.22. The highest BCUT2D eigenvalue weighted by Gasteiger charge is 2.18. The Balaban J connectivity index is 2.83. The average molecular weight is 316 g/mol. The molecular weight excluding hydrogens is 294 g/mol. The Hall–Kier alpha value is -0.580. The molecule has 1 aromatic carbocycles. The van der Waals surface area contributed by atoms with E-state index in [1.807, 2.05) is 26.1 Å². The molecule has 0 aliphatic carbocycles. The van der Waals surface area contributed by atoms with Gasteiger partial charge < -0.3 is 14.8 Å². The minimum absolute atomic E-state index is 0.170. The third-order valence-corrected chi connectivity index (χ3v) is 3.54. The van der Waals surface area contributed by atoms with Crippen LogP contribution in [0.15, 0.2) is 22.7 Å². The molecule has 1 rings (SSSR count). The molecule has 102 valence electrons. The lowest BCUT2D eigenvalue weighted by molar-refractivity contribution is 0.0495. The molecule has 3 nitrogen and oxygen atoms in total. The highest BCUT2D eigenvalue weighted by Crippen LogP contribution is 2.24. The van der Waals surface area contributed by atoms with Crippen LogP contribution in [-0.4, -0.2) is 32.9 Å². The van der Waals surface area contributed by atoms with Gasteiger partial charge in [0.2, 0.25) is 0 Å². The monoisotopic (exact) mass is 315 g/mol. The van der Waals surface area contributed by atoms with Gasteiger partial charge in [0.15, 0.2) is 0 Å². The molecule has 0 bridgehead atoms. The standard InChI is InChI=1S/C14H22BrNO2/c1-5-18-10(2)13(16-3)9-11-8-12(15)6-7-14(11)17-4/h6-8,10,13,16H,5,9H2,1-4H3. The lowest BCUT2D eigenvalue weighted by Gasteiger charge is -2.24. The van der Waals surface area contributed by atoms with Crippen molar-refractivity contribution in [3.8, 4) is 5.75 Å². The molecule has 18 heavy (non-hydrogen) atoms. The topological polar surface area (TPSA) is 30.5 Å². The molecular formula is C14H22BrNO2. The van der Waals surface area contributed by atoms with Gasteiger partial charge in [0.25, 0.3) is 0 Å². The smallest absolute Gasteiger partial charge is 0.122 e. The number of hydrogen-bond donors (Lipinski definition) is 1. The normalized spacial score (nSPS) is 14.3. The van der Waals surface area contributed by atoms with E-state index in [4.69, 9.17) is 9.47 Å². The van der Waals surface area contributed by atoms with Crippen molar-refractivity contribution in [3.63, 3.8) is 0 Å². The number of likely N-dealkylation sites (N-methyl/N-ethyl adjacent to an activating group) is 1. The maximum Gasteiger partial charge on any atom is 0.122 e. The van der Waals surface area contributed by atoms with E-state index in [1.165, 1.54) is 5.56 Å². The number of methoxy groups -OCH3 is 1. The molecule has 4 heteroatoms. The molecule has 0 spiro atoms. The van der Waals surface area contributed by atoms with Crippen molar-refractivity contribution in [2.45, 2.75) is 32.4 Å². The van der Waals surface area contributed by atoms with Gasteiger partial charge in [-0.3, -0.25) is 0 Å². The molecule has 1 N–H and O–H groups in total. The summed E-state index contributed by atoms with van der Waals surface area (Å²) < 4.78 is 12.1. The van der Waals surface area contributed by atoms with Crippen molar-refractivity contribution in [1.82, 2.24) is 5.32 Å². The van der Waals surface area contributed by atoms with Crippen molar-refractivity contribution in [2.24, 2.45) is 0 Å². The van der Waals surface area contributed by atoms with Crippen molar-refractivity contribution in [2.75, 3.05) is 20.8 Å². The Morgan fingerprint density at radius 1 is 1.39 bits per heavy atom. The van der Waals surface area contributed by atoms with Crippen molar-refractivity contribution >= 4 is 15.9 Å². The zero-order chi connectivity index (χ0) is 13.5. The van der Waals surface area contributed by atoms with E-state index in [2.05, 4.69) is 34.2 Å². The summed E-state index contributed by atoms with van der Waals surface area (Å²) in [4.78, 5) is 0.